The van der Waals surface area contributed by atoms with Crippen molar-refractivity contribution in [3.05, 3.63) is 41.3 Å². The van der Waals surface area contributed by atoms with Crippen LogP contribution in [0.25, 0.3) is 10.4 Å². The first kappa shape index (κ1) is 31.9. The van der Waals surface area contributed by atoms with Gasteiger partial charge in [-0.05, 0) is 90.1 Å². The maximum Gasteiger partial charge on any atom is 0.511 e. The zero-order valence-corrected chi connectivity index (χ0v) is 25.4. The predicted octanol–water partition coefficient (Wildman–Crippen LogP) is 6.77. The van der Waals surface area contributed by atoms with Crippen molar-refractivity contribution in [3.8, 4) is 10.4 Å². The van der Waals surface area contributed by atoms with E-state index in [0.29, 0.717) is 16.5 Å². The molecule has 1 aromatic carbocycles. The molecule has 2 aromatic rings. The molecule has 2 aliphatic rings. The largest absolute Gasteiger partial charge is 0.511 e. The van der Waals surface area contributed by atoms with Crippen molar-refractivity contribution in [2.45, 2.75) is 71.4 Å². The van der Waals surface area contributed by atoms with Gasteiger partial charge in [-0.15, -0.1) is 23.7 Å². The second-order valence-electron chi connectivity index (χ2n) is 11.0. The van der Waals surface area contributed by atoms with Crippen LogP contribution in [-0.2, 0) is 19.0 Å². The third-order valence-corrected chi connectivity index (χ3v) is 8.72. The van der Waals surface area contributed by atoms with E-state index in [0.717, 1.165) is 62.1 Å². The number of halogens is 1. The van der Waals surface area contributed by atoms with Crippen molar-refractivity contribution in [1.29, 1.82) is 0 Å². The van der Waals surface area contributed by atoms with Gasteiger partial charge in [0.05, 0.1) is 11.8 Å². The Morgan fingerprint density at radius 3 is 2.27 bits per heavy atom. The highest BCUT2D eigenvalue weighted by atomic mass is 35.5. The van der Waals surface area contributed by atoms with Crippen molar-refractivity contribution in [2.24, 2.45) is 11.8 Å². The minimum atomic E-state index is -0.899. The fraction of sp³-hybridized carbons (Fsp3) is 0.567. The Bertz CT molecular complexity index is 1120. The molecule has 1 amide bonds. The Morgan fingerprint density at radius 2 is 1.65 bits per heavy atom. The fourth-order valence-corrected chi connectivity index (χ4v) is 6.38. The number of esters is 1. The maximum absolute atomic E-state index is 14.2. The summed E-state index contributed by atoms with van der Waals surface area (Å²) in [4.78, 5) is 44.8. The van der Waals surface area contributed by atoms with E-state index in [2.05, 4.69) is 18.9 Å². The molecule has 0 radical (unpaired) electrons. The van der Waals surface area contributed by atoms with Crippen LogP contribution in [0.3, 0.4) is 0 Å². The smallest absolute Gasteiger partial charge is 0.431 e. The molecule has 220 valence electrons. The number of nitrogens with zero attached hydrogens (tertiary/aromatic N) is 2. The molecule has 0 bridgehead atoms. The number of ether oxygens (including phenoxy) is 3. The van der Waals surface area contributed by atoms with Gasteiger partial charge >= 0.3 is 12.1 Å². The first-order chi connectivity index (χ1) is 18.7. The number of piperidine rings is 1. The third-order valence-electron chi connectivity index (χ3n) is 7.57. The average Bonchev–Trinajstić information content (AvgIpc) is 3.35. The van der Waals surface area contributed by atoms with Gasteiger partial charge in [0.15, 0.2) is 0 Å². The Labute approximate surface area is 247 Å². The van der Waals surface area contributed by atoms with Crippen molar-refractivity contribution >= 4 is 47.5 Å². The van der Waals surface area contributed by atoms with Crippen LogP contribution >= 0.6 is 23.7 Å². The first-order valence-corrected chi connectivity index (χ1v) is 14.8. The zero-order valence-electron chi connectivity index (χ0n) is 23.8. The molecule has 0 spiro atoms. The van der Waals surface area contributed by atoms with E-state index in [9.17, 15) is 14.4 Å². The highest BCUT2D eigenvalue weighted by Gasteiger charge is 2.37. The van der Waals surface area contributed by atoms with Crippen LogP contribution in [0.2, 0.25) is 0 Å². The molecule has 0 unspecified atom stereocenters. The lowest BCUT2D eigenvalue weighted by molar-refractivity contribution is -0.124. The number of anilines is 1. The monoisotopic (exact) mass is 592 g/mol. The molecule has 0 atom stereocenters. The molecule has 0 N–H and O–H groups in total. The van der Waals surface area contributed by atoms with Crippen molar-refractivity contribution in [2.75, 3.05) is 31.8 Å². The number of rotatable bonds is 8. The molecular weight excluding hydrogens is 552 g/mol. The predicted molar refractivity (Wildman–Crippen MR) is 159 cm³/mol. The van der Waals surface area contributed by atoms with Crippen molar-refractivity contribution in [3.63, 3.8) is 0 Å². The number of carbonyl (C=O) groups excluding carboxylic acids is 3. The molecule has 2 heterocycles. The lowest BCUT2D eigenvalue weighted by atomic mass is 9.82. The molecule has 10 heteroatoms. The SMILES string of the molecule is CC1CCC(C(=O)N(c2cc(-c3ccccc3)sc2C(=O)OCOC(=O)OC(C)C)C2CCN(C)CC2)CC1.Cl. The van der Waals surface area contributed by atoms with Crippen molar-refractivity contribution < 1.29 is 28.6 Å². The molecule has 8 nitrogen and oxygen atoms in total. The number of amides is 1. The Morgan fingerprint density at radius 1 is 1.00 bits per heavy atom. The maximum atomic E-state index is 14.2. The molecule has 1 saturated heterocycles. The van der Waals surface area contributed by atoms with E-state index in [1.807, 2.05) is 41.3 Å². The summed E-state index contributed by atoms with van der Waals surface area (Å²) >= 11 is 1.30. The summed E-state index contributed by atoms with van der Waals surface area (Å²) in [6.07, 6.45) is 4.23. The second kappa shape index (κ2) is 14.8. The Hall–Kier alpha value is -2.62. The van der Waals surface area contributed by atoms with Gasteiger partial charge in [-0.2, -0.15) is 0 Å². The summed E-state index contributed by atoms with van der Waals surface area (Å²) in [5, 5.41) is 0. The van der Waals surface area contributed by atoms with Gasteiger partial charge in [0, 0.05) is 16.8 Å². The third kappa shape index (κ3) is 8.21. The first-order valence-electron chi connectivity index (χ1n) is 13.9. The number of thiophene rings is 1. The highest BCUT2D eigenvalue weighted by molar-refractivity contribution is 7.18. The lowest BCUT2D eigenvalue weighted by Crippen LogP contribution is -2.49. The molecule has 1 aliphatic carbocycles. The average molecular weight is 593 g/mol. The summed E-state index contributed by atoms with van der Waals surface area (Å²) in [5.74, 6) is 0.0423. The van der Waals surface area contributed by atoms with Crippen LogP contribution in [0.1, 0.15) is 69.0 Å². The number of hydrogen-bond donors (Lipinski definition) is 0. The van der Waals surface area contributed by atoms with E-state index < -0.39 is 18.9 Å². The summed E-state index contributed by atoms with van der Waals surface area (Å²) in [6, 6.07) is 11.8. The summed E-state index contributed by atoms with van der Waals surface area (Å²) in [6.45, 7) is 6.86. The van der Waals surface area contributed by atoms with Gasteiger partial charge in [-0.25, -0.2) is 9.59 Å². The zero-order chi connectivity index (χ0) is 27.9. The Kier molecular flexibility index (Phi) is 11.8. The van der Waals surface area contributed by atoms with E-state index in [1.165, 1.54) is 11.3 Å². The fourth-order valence-electron chi connectivity index (χ4n) is 5.33. The van der Waals surface area contributed by atoms with Gasteiger partial charge in [-0.3, -0.25) is 4.79 Å². The number of hydrogen-bond acceptors (Lipinski definition) is 8. The summed E-state index contributed by atoms with van der Waals surface area (Å²) < 4.78 is 15.2. The van der Waals surface area contributed by atoms with Gasteiger partial charge in [0.25, 0.3) is 0 Å². The minimum Gasteiger partial charge on any atom is -0.431 e. The second-order valence-corrected chi connectivity index (χ2v) is 12.1. The van der Waals surface area contributed by atoms with E-state index >= 15 is 0 Å². The minimum absolute atomic E-state index is 0. The Balaban J connectivity index is 0.00000441. The van der Waals surface area contributed by atoms with E-state index in [-0.39, 0.29) is 36.4 Å². The van der Waals surface area contributed by atoms with E-state index in [4.69, 9.17) is 14.2 Å². The van der Waals surface area contributed by atoms with Gasteiger partial charge < -0.3 is 24.0 Å². The molecule has 40 heavy (non-hydrogen) atoms. The lowest BCUT2D eigenvalue weighted by Gasteiger charge is -2.40. The van der Waals surface area contributed by atoms with Crippen LogP contribution in [0.5, 0.6) is 0 Å². The van der Waals surface area contributed by atoms with Gasteiger partial charge in [0.2, 0.25) is 12.7 Å². The van der Waals surface area contributed by atoms with Gasteiger partial charge in [-0.1, -0.05) is 37.3 Å². The number of carbonyl (C=O) groups is 3. The molecule has 2 fully saturated rings. The highest BCUT2D eigenvalue weighted by Crippen LogP contribution is 2.41. The summed E-state index contributed by atoms with van der Waals surface area (Å²) in [5.41, 5.74) is 1.55. The van der Waals surface area contributed by atoms with Gasteiger partial charge in [0.1, 0.15) is 4.88 Å². The molecule has 1 aromatic heterocycles. The van der Waals surface area contributed by atoms with Crippen LogP contribution in [0.15, 0.2) is 36.4 Å². The van der Waals surface area contributed by atoms with Crippen molar-refractivity contribution in [1.82, 2.24) is 4.90 Å². The normalized spacial score (nSPS) is 19.9. The topological polar surface area (TPSA) is 85.4 Å². The molecule has 1 saturated carbocycles. The van der Waals surface area contributed by atoms with E-state index in [1.54, 1.807) is 13.8 Å². The van der Waals surface area contributed by atoms with Crippen LogP contribution < -0.4 is 4.90 Å². The number of likely N-dealkylation sites (tertiary alicyclic amines) is 1. The van der Waals surface area contributed by atoms with Crippen LogP contribution in [0, 0.1) is 11.8 Å². The van der Waals surface area contributed by atoms with Crippen LogP contribution in [-0.4, -0.2) is 62.0 Å². The quantitative estimate of drug-likeness (QED) is 0.247. The van der Waals surface area contributed by atoms with Crippen LogP contribution in [0.4, 0.5) is 10.5 Å². The molecule has 4 rings (SSSR count). The molecule has 1 aliphatic heterocycles. The molecular formula is C30H41ClN2O6S. The number of benzene rings is 1. The summed E-state index contributed by atoms with van der Waals surface area (Å²) in [7, 11) is 2.09. The standard InChI is InChI=1S/C30H40N2O6S.ClH/c1-20(2)38-30(35)37-19-36-29(34)27-25(18-26(39-27)22-8-6-5-7-9-22)32(24-14-16-31(4)17-15-24)28(33)23-12-10-21(3)11-13-23;/h5-9,18,20-21,23-24H,10-17,19H2,1-4H3;1H.